The van der Waals surface area contributed by atoms with Gasteiger partial charge in [0.25, 0.3) is 5.91 Å². The molecule has 0 fully saturated rings. The van der Waals surface area contributed by atoms with Crippen molar-refractivity contribution in [1.82, 2.24) is 0 Å². The summed E-state index contributed by atoms with van der Waals surface area (Å²) in [5.74, 6) is -1.49. The Morgan fingerprint density at radius 1 is 1.32 bits per heavy atom. The first-order chi connectivity index (χ1) is 8.99. The van der Waals surface area contributed by atoms with Gasteiger partial charge in [-0.05, 0) is 45.6 Å². The Bertz CT molecular complexity index is 656. The van der Waals surface area contributed by atoms with Gasteiger partial charge in [-0.3, -0.25) is 4.79 Å². The second kappa shape index (κ2) is 5.73. The van der Waals surface area contributed by atoms with E-state index in [9.17, 15) is 9.59 Å². The normalized spacial score (nSPS) is 10.2. The van der Waals surface area contributed by atoms with Crippen molar-refractivity contribution in [2.75, 3.05) is 5.32 Å². The number of hydrogen-bond donors (Lipinski definition) is 2. The summed E-state index contributed by atoms with van der Waals surface area (Å²) in [4.78, 5) is 23.1. The summed E-state index contributed by atoms with van der Waals surface area (Å²) < 4.78 is 0.585. The highest BCUT2D eigenvalue weighted by atomic mass is 79.9. The second-order valence-corrected chi connectivity index (χ2v) is 5.75. The zero-order valence-electron chi connectivity index (χ0n) is 9.31. The fourth-order valence-electron chi connectivity index (χ4n) is 1.43. The topological polar surface area (TPSA) is 66.4 Å². The number of hydrogen-bond acceptors (Lipinski definition) is 3. The van der Waals surface area contributed by atoms with Crippen LogP contribution >= 0.6 is 38.9 Å². The van der Waals surface area contributed by atoms with Crippen LogP contribution in [0.15, 0.2) is 34.1 Å². The number of aromatic carboxylic acids is 1. The molecule has 0 aliphatic heterocycles. The minimum absolute atomic E-state index is 0.0894. The van der Waals surface area contributed by atoms with E-state index in [2.05, 4.69) is 21.2 Å². The number of carboxylic acid groups (broad SMARTS) is 1. The summed E-state index contributed by atoms with van der Waals surface area (Å²) in [6.45, 7) is 0. The largest absolute Gasteiger partial charge is 0.477 e. The molecule has 1 aromatic heterocycles. The number of anilines is 1. The third-order valence-electron chi connectivity index (χ3n) is 2.28. The van der Waals surface area contributed by atoms with Crippen LogP contribution in [0.5, 0.6) is 0 Å². The number of carbonyl (C=O) groups excluding carboxylic acids is 1. The molecule has 0 bridgehead atoms. The first-order valence-corrected chi connectivity index (χ1v) is 7.11. The van der Waals surface area contributed by atoms with E-state index >= 15 is 0 Å². The minimum atomic E-state index is -1.07. The molecule has 4 nitrogen and oxygen atoms in total. The van der Waals surface area contributed by atoms with Crippen molar-refractivity contribution < 1.29 is 14.7 Å². The van der Waals surface area contributed by atoms with E-state index in [-0.39, 0.29) is 10.6 Å². The van der Waals surface area contributed by atoms with E-state index in [1.807, 2.05) is 0 Å². The molecular weight excluding hydrogens is 354 g/mol. The van der Waals surface area contributed by atoms with E-state index in [0.29, 0.717) is 15.1 Å². The van der Waals surface area contributed by atoms with Crippen LogP contribution in [-0.2, 0) is 0 Å². The van der Waals surface area contributed by atoms with Crippen molar-refractivity contribution in [2.24, 2.45) is 0 Å². The van der Waals surface area contributed by atoms with Crippen LogP contribution in [0, 0.1) is 0 Å². The molecule has 2 rings (SSSR count). The first kappa shape index (κ1) is 14.0. The van der Waals surface area contributed by atoms with Gasteiger partial charge in [0.15, 0.2) is 0 Å². The Morgan fingerprint density at radius 3 is 2.74 bits per heavy atom. The number of carbonyl (C=O) groups is 2. The highest BCUT2D eigenvalue weighted by Gasteiger charge is 2.16. The molecule has 1 heterocycles. The molecule has 98 valence electrons. The Labute approximate surface area is 126 Å². The molecule has 1 amide bonds. The zero-order chi connectivity index (χ0) is 14.0. The van der Waals surface area contributed by atoms with Gasteiger partial charge in [0.1, 0.15) is 4.88 Å². The van der Waals surface area contributed by atoms with Crippen LogP contribution in [0.3, 0.4) is 0 Å². The molecule has 0 atom stereocenters. The fourth-order valence-corrected chi connectivity index (χ4v) is 2.72. The lowest BCUT2D eigenvalue weighted by Gasteiger charge is -2.06. The number of nitrogens with one attached hydrogen (secondary N) is 1. The van der Waals surface area contributed by atoms with E-state index in [1.165, 1.54) is 6.07 Å². The Morgan fingerprint density at radius 2 is 2.05 bits per heavy atom. The lowest BCUT2D eigenvalue weighted by molar-refractivity contribution is 0.0703. The average molecular weight is 361 g/mol. The smallest absolute Gasteiger partial charge is 0.348 e. The second-order valence-electron chi connectivity index (χ2n) is 3.55. The van der Waals surface area contributed by atoms with E-state index in [4.69, 9.17) is 16.7 Å². The number of thiophene rings is 1. The van der Waals surface area contributed by atoms with Crippen LogP contribution in [-0.4, -0.2) is 17.0 Å². The van der Waals surface area contributed by atoms with Crippen LogP contribution in [0.1, 0.15) is 20.0 Å². The van der Waals surface area contributed by atoms with Crippen LogP contribution in [0.4, 0.5) is 5.69 Å². The zero-order valence-corrected chi connectivity index (χ0v) is 12.5. The third kappa shape index (κ3) is 3.15. The molecular formula is C12H7BrClNO3S. The predicted octanol–water partition coefficient (Wildman–Crippen LogP) is 4.11. The van der Waals surface area contributed by atoms with E-state index < -0.39 is 11.9 Å². The maximum atomic E-state index is 12.1. The predicted molar refractivity (Wildman–Crippen MR) is 78.4 cm³/mol. The van der Waals surface area contributed by atoms with Crippen molar-refractivity contribution in [2.45, 2.75) is 0 Å². The average Bonchev–Trinajstić information content (AvgIpc) is 2.80. The molecule has 0 spiro atoms. The van der Waals surface area contributed by atoms with Crippen molar-refractivity contribution in [3.8, 4) is 0 Å². The molecule has 19 heavy (non-hydrogen) atoms. The first-order valence-electron chi connectivity index (χ1n) is 5.06. The quantitative estimate of drug-likeness (QED) is 0.865. The van der Waals surface area contributed by atoms with Crippen LogP contribution < -0.4 is 5.32 Å². The molecule has 7 heteroatoms. The van der Waals surface area contributed by atoms with Crippen molar-refractivity contribution in [3.05, 3.63) is 49.6 Å². The molecule has 2 aromatic rings. The number of halogens is 2. The Balaban J connectivity index is 2.28. The standard InChI is InChI=1S/C12H7BrClNO3S/c13-8-2-1-6(14)5-7(8)11(16)15-9-3-4-19-10(9)12(17)18/h1-5H,(H,15,16)(H,17,18). The van der Waals surface area contributed by atoms with Crippen LogP contribution in [0.25, 0.3) is 0 Å². The number of benzene rings is 1. The van der Waals surface area contributed by atoms with Gasteiger partial charge in [0, 0.05) is 9.50 Å². The Kier molecular flexibility index (Phi) is 4.24. The molecule has 0 unspecified atom stereocenters. The van der Waals surface area contributed by atoms with Gasteiger partial charge in [0.05, 0.1) is 11.3 Å². The summed E-state index contributed by atoms with van der Waals surface area (Å²) in [5, 5.41) is 13.6. The molecule has 1 aromatic carbocycles. The SMILES string of the molecule is O=C(Nc1ccsc1C(=O)O)c1cc(Cl)ccc1Br. The number of carboxylic acids is 1. The fraction of sp³-hybridized carbons (Fsp3) is 0. The van der Waals surface area contributed by atoms with E-state index in [0.717, 1.165) is 11.3 Å². The molecule has 0 saturated carbocycles. The number of rotatable bonds is 3. The molecule has 0 aliphatic carbocycles. The molecule has 0 saturated heterocycles. The maximum absolute atomic E-state index is 12.1. The minimum Gasteiger partial charge on any atom is -0.477 e. The van der Waals surface area contributed by atoms with Gasteiger partial charge in [-0.15, -0.1) is 11.3 Å². The van der Waals surface area contributed by atoms with Gasteiger partial charge in [-0.2, -0.15) is 0 Å². The summed E-state index contributed by atoms with van der Waals surface area (Å²) in [6, 6.07) is 6.36. The summed E-state index contributed by atoms with van der Waals surface area (Å²) in [5.41, 5.74) is 0.615. The molecule has 0 radical (unpaired) electrons. The molecule has 0 aliphatic rings. The summed E-state index contributed by atoms with van der Waals surface area (Å²) in [7, 11) is 0. The lowest BCUT2D eigenvalue weighted by atomic mass is 10.2. The van der Waals surface area contributed by atoms with Gasteiger partial charge in [0.2, 0.25) is 0 Å². The maximum Gasteiger partial charge on any atom is 0.348 e. The van der Waals surface area contributed by atoms with Crippen molar-refractivity contribution in [3.63, 3.8) is 0 Å². The summed E-state index contributed by atoms with van der Waals surface area (Å²) >= 11 is 10.1. The highest BCUT2D eigenvalue weighted by molar-refractivity contribution is 9.10. The van der Waals surface area contributed by atoms with Gasteiger partial charge < -0.3 is 10.4 Å². The Hall–Kier alpha value is -1.37. The van der Waals surface area contributed by atoms with Crippen molar-refractivity contribution in [1.29, 1.82) is 0 Å². The van der Waals surface area contributed by atoms with E-state index in [1.54, 1.807) is 23.6 Å². The van der Waals surface area contributed by atoms with Crippen molar-refractivity contribution >= 4 is 56.4 Å². The van der Waals surface area contributed by atoms with Gasteiger partial charge in [-0.1, -0.05) is 11.6 Å². The third-order valence-corrected chi connectivity index (χ3v) is 4.11. The van der Waals surface area contributed by atoms with Crippen LogP contribution in [0.2, 0.25) is 5.02 Å². The lowest BCUT2D eigenvalue weighted by Crippen LogP contribution is -2.14. The van der Waals surface area contributed by atoms with Gasteiger partial charge in [-0.25, -0.2) is 4.79 Å². The monoisotopic (exact) mass is 359 g/mol. The molecule has 2 N–H and O–H groups in total. The highest BCUT2D eigenvalue weighted by Crippen LogP contribution is 2.25. The number of amides is 1. The van der Waals surface area contributed by atoms with Gasteiger partial charge >= 0.3 is 5.97 Å². The summed E-state index contributed by atoms with van der Waals surface area (Å²) in [6.07, 6.45) is 0.